The van der Waals surface area contributed by atoms with Crippen molar-refractivity contribution in [2.75, 3.05) is 6.54 Å². The zero-order chi connectivity index (χ0) is 11.5. The maximum atomic E-state index is 11.9. The predicted molar refractivity (Wildman–Crippen MR) is 62.5 cm³/mol. The molecule has 1 saturated carbocycles. The topological polar surface area (TPSA) is 55.1 Å². The molecule has 3 heteroatoms. The summed E-state index contributed by atoms with van der Waals surface area (Å²) in [6.07, 6.45) is 4.86. The minimum Gasteiger partial charge on any atom is -0.354 e. The molecule has 0 radical (unpaired) electrons. The number of amides is 1. The van der Waals surface area contributed by atoms with Gasteiger partial charge in [0.25, 0.3) is 0 Å². The van der Waals surface area contributed by atoms with Crippen LogP contribution in [0.15, 0.2) is 0 Å². The van der Waals surface area contributed by atoms with E-state index in [2.05, 4.69) is 26.1 Å². The van der Waals surface area contributed by atoms with Gasteiger partial charge in [-0.15, -0.1) is 0 Å². The van der Waals surface area contributed by atoms with Crippen molar-refractivity contribution < 1.29 is 4.79 Å². The maximum Gasteiger partial charge on any atom is 0.226 e. The fourth-order valence-corrected chi connectivity index (χ4v) is 1.84. The van der Waals surface area contributed by atoms with Gasteiger partial charge in [-0.1, -0.05) is 20.8 Å². The molecule has 3 nitrogen and oxygen atoms in total. The molecule has 0 spiro atoms. The molecule has 1 rings (SSSR count). The minimum absolute atomic E-state index is 0.0393. The number of carbonyl (C=O) groups excluding carboxylic acids is 1. The van der Waals surface area contributed by atoms with Crippen LogP contribution in [-0.4, -0.2) is 18.0 Å². The van der Waals surface area contributed by atoms with Crippen LogP contribution in [0.3, 0.4) is 0 Å². The Morgan fingerprint density at radius 3 is 2.20 bits per heavy atom. The van der Waals surface area contributed by atoms with E-state index in [4.69, 9.17) is 5.73 Å². The third-order valence-corrected chi connectivity index (χ3v) is 4.02. The Bertz CT molecular complexity index is 230. The van der Waals surface area contributed by atoms with Crippen molar-refractivity contribution in [2.45, 2.75) is 58.4 Å². The van der Waals surface area contributed by atoms with Gasteiger partial charge in [0.15, 0.2) is 0 Å². The lowest BCUT2D eigenvalue weighted by Gasteiger charge is -2.27. The van der Waals surface area contributed by atoms with E-state index in [9.17, 15) is 4.79 Å². The predicted octanol–water partition coefficient (Wildman–Crippen LogP) is 1.81. The van der Waals surface area contributed by atoms with Gasteiger partial charge in [-0.3, -0.25) is 4.79 Å². The first-order valence-electron chi connectivity index (χ1n) is 6.09. The number of carbonyl (C=O) groups is 1. The molecule has 3 N–H and O–H groups in total. The number of hydrogen-bond acceptors (Lipinski definition) is 2. The van der Waals surface area contributed by atoms with E-state index < -0.39 is 0 Å². The average Bonchev–Trinajstić information content (AvgIpc) is 3.06. The molecule has 1 aliphatic rings. The summed E-state index contributed by atoms with van der Waals surface area (Å²) in [7, 11) is 0. The summed E-state index contributed by atoms with van der Waals surface area (Å²) in [4.78, 5) is 11.9. The van der Waals surface area contributed by atoms with E-state index in [1.165, 1.54) is 0 Å². The molecule has 0 aromatic carbocycles. The first-order valence-corrected chi connectivity index (χ1v) is 6.09. The average molecular weight is 212 g/mol. The SMILES string of the molecule is CCC(N)(CC)CNC(=O)C1(CC)CC1. The Hall–Kier alpha value is -0.570. The van der Waals surface area contributed by atoms with Gasteiger partial charge < -0.3 is 11.1 Å². The Morgan fingerprint density at radius 2 is 1.87 bits per heavy atom. The van der Waals surface area contributed by atoms with E-state index in [0.29, 0.717) is 6.54 Å². The molecule has 0 atom stereocenters. The molecule has 1 amide bonds. The van der Waals surface area contributed by atoms with Crippen LogP contribution in [-0.2, 0) is 4.79 Å². The number of rotatable bonds is 6. The van der Waals surface area contributed by atoms with Gasteiger partial charge in [0.05, 0.1) is 0 Å². The normalized spacial score (nSPS) is 18.7. The van der Waals surface area contributed by atoms with Crippen LogP contribution in [0.4, 0.5) is 0 Å². The summed E-state index contributed by atoms with van der Waals surface area (Å²) in [5.41, 5.74) is 5.87. The molecule has 0 heterocycles. The number of nitrogens with one attached hydrogen (secondary N) is 1. The van der Waals surface area contributed by atoms with Crippen LogP contribution >= 0.6 is 0 Å². The van der Waals surface area contributed by atoms with Gasteiger partial charge in [0.2, 0.25) is 5.91 Å². The Labute approximate surface area is 92.8 Å². The zero-order valence-corrected chi connectivity index (χ0v) is 10.2. The summed E-state index contributed by atoms with van der Waals surface area (Å²) >= 11 is 0. The Morgan fingerprint density at radius 1 is 1.33 bits per heavy atom. The monoisotopic (exact) mass is 212 g/mol. The van der Waals surface area contributed by atoms with Crippen molar-refractivity contribution in [3.05, 3.63) is 0 Å². The van der Waals surface area contributed by atoms with Crippen LogP contribution in [0.1, 0.15) is 52.9 Å². The minimum atomic E-state index is -0.223. The second-order valence-corrected chi connectivity index (χ2v) is 4.89. The van der Waals surface area contributed by atoms with Crippen molar-refractivity contribution in [1.29, 1.82) is 0 Å². The molecule has 0 unspecified atom stereocenters. The van der Waals surface area contributed by atoms with Crippen molar-refractivity contribution in [2.24, 2.45) is 11.1 Å². The standard InChI is InChI=1S/C12H24N2O/c1-4-11(7-8-11)10(15)14-9-12(13,5-2)6-3/h4-9,13H2,1-3H3,(H,14,15). The highest BCUT2D eigenvalue weighted by Crippen LogP contribution is 2.48. The van der Waals surface area contributed by atoms with Gasteiger partial charge in [-0.05, 0) is 32.1 Å². The fraction of sp³-hybridized carbons (Fsp3) is 0.917. The zero-order valence-electron chi connectivity index (χ0n) is 10.2. The molecule has 15 heavy (non-hydrogen) atoms. The number of hydrogen-bond donors (Lipinski definition) is 2. The third-order valence-electron chi connectivity index (χ3n) is 4.02. The van der Waals surface area contributed by atoms with Crippen molar-refractivity contribution >= 4 is 5.91 Å². The van der Waals surface area contributed by atoms with Crippen molar-refractivity contribution in [3.63, 3.8) is 0 Å². The van der Waals surface area contributed by atoms with E-state index >= 15 is 0 Å². The van der Waals surface area contributed by atoms with Gasteiger partial charge in [0.1, 0.15) is 0 Å². The summed E-state index contributed by atoms with van der Waals surface area (Å²) in [6.45, 7) is 6.84. The first-order chi connectivity index (χ1) is 7.02. The fourth-order valence-electron chi connectivity index (χ4n) is 1.84. The summed E-state index contributed by atoms with van der Waals surface area (Å²) in [5.74, 6) is 0.210. The van der Waals surface area contributed by atoms with Gasteiger partial charge in [-0.2, -0.15) is 0 Å². The molecule has 1 aliphatic carbocycles. The van der Waals surface area contributed by atoms with Crippen LogP contribution in [0.2, 0.25) is 0 Å². The molecule has 0 aromatic rings. The Balaban J connectivity index is 2.40. The Kier molecular flexibility index (Phi) is 3.77. The highest BCUT2D eigenvalue weighted by molar-refractivity contribution is 5.85. The highest BCUT2D eigenvalue weighted by atomic mass is 16.2. The lowest BCUT2D eigenvalue weighted by atomic mass is 9.93. The van der Waals surface area contributed by atoms with Crippen LogP contribution < -0.4 is 11.1 Å². The molecule has 0 bridgehead atoms. The second-order valence-electron chi connectivity index (χ2n) is 4.89. The molecule has 88 valence electrons. The molecule has 0 aliphatic heterocycles. The van der Waals surface area contributed by atoms with E-state index in [-0.39, 0.29) is 16.9 Å². The largest absolute Gasteiger partial charge is 0.354 e. The van der Waals surface area contributed by atoms with Gasteiger partial charge in [-0.25, -0.2) is 0 Å². The van der Waals surface area contributed by atoms with Crippen LogP contribution in [0, 0.1) is 5.41 Å². The van der Waals surface area contributed by atoms with Crippen molar-refractivity contribution in [3.8, 4) is 0 Å². The highest BCUT2D eigenvalue weighted by Gasteiger charge is 2.48. The van der Waals surface area contributed by atoms with Crippen LogP contribution in [0.5, 0.6) is 0 Å². The van der Waals surface area contributed by atoms with E-state index in [1.807, 2.05) is 0 Å². The van der Waals surface area contributed by atoms with Gasteiger partial charge >= 0.3 is 0 Å². The number of nitrogens with two attached hydrogens (primary N) is 1. The first kappa shape index (κ1) is 12.5. The van der Waals surface area contributed by atoms with Crippen molar-refractivity contribution in [1.82, 2.24) is 5.32 Å². The summed E-state index contributed by atoms with van der Waals surface area (Å²) in [6, 6.07) is 0. The van der Waals surface area contributed by atoms with Crippen LogP contribution in [0.25, 0.3) is 0 Å². The molecular weight excluding hydrogens is 188 g/mol. The van der Waals surface area contributed by atoms with E-state index in [0.717, 1.165) is 32.1 Å². The quantitative estimate of drug-likeness (QED) is 0.705. The third kappa shape index (κ3) is 2.71. The molecule has 1 fully saturated rings. The lowest BCUT2D eigenvalue weighted by molar-refractivity contribution is -0.126. The molecule has 0 aromatic heterocycles. The smallest absolute Gasteiger partial charge is 0.226 e. The molecule has 0 saturated heterocycles. The molecular formula is C12H24N2O. The lowest BCUT2D eigenvalue weighted by Crippen LogP contribution is -2.50. The summed E-state index contributed by atoms with van der Waals surface area (Å²) in [5, 5.41) is 3.01. The summed E-state index contributed by atoms with van der Waals surface area (Å²) < 4.78 is 0. The second kappa shape index (κ2) is 4.52. The maximum absolute atomic E-state index is 11.9. The van der Waals surface area contributed by atoms with E-state index in [1.54, 1.807) is 0 Å². The van der Waals surface area contributed by atoms with Gasteiger partial charge in [0, 0.05) is 17.5 Å².